The molecule has 12 nitrogen and oxygen atoms in total. The Kier molecular flexibility index (Phi) is 9.57. The Morgan fingerprint density at radius 1 is 0.500 bits per heavy atom. The van der Waals surface area contributed by atoms with Crippen LogP contribution in [0.1, 0.15) is 22.8 Å². The van der Waals surface area contributed by atoms with Crippen LogP contribution >= 0.6 is 0 Å². The van der Waals surface area contributed by atoms with Gasteiger partial charge in [0.05, 0.1) is 61.7 Å². The molecule has 8 bridgehead atoms. The highest BCUT2D eigenvalue weighted by molar-refractivity contribution is 6.07. The molecule has 0 saturated heterocycles. The van der Waals surface area contributed by atoms with Crippen molar-refractivity contribution in [3.8, 4) is 67.5 Å². The van der Waals surface area contributed by atoms with Crippen molar-refractivity contribution >= 4 is 57.7 Å². The van der Waals surface area contributed by atoms with Crippen molar-refractivity contribution in [2.24, 2.45) is 0 Å². The maximum absolute atomic E-state index is 13.3. The Morgan fingerprint density at radius 3 is 1.22 bits per heavy atom. The summed E-state index contributed by atoms with van der Waals surface area (Å²) < 4.78 is 22.6. The monoisotopic (exact) mass is 794 g/mol. The van der Waals surface area contributed by atoms with Gasteiger partial charge in [-0.3, -0.25) is 10.1 Å². The second kappa shape index (κ2) is 15.3. The summed E-state index contributed by atoms with van der Waals surface area (Å²) in [6.07, 6.45) is 7.59. The predicted octanol–water partition coefficient (Wildman–Crippen LogP) is 10.8. The molecule has 0 radical (unpaired) electrons. The zero-order valence-corrected chi connectivity index (χ0v) is 33.1. The van der Waals surface area contributed by atoms with Crippen molar-refractivity contribution in [3.05, 3.63) is 142 Å². The van der Waals surface area contributed by atoms with E-state index in [1.54, 1.807) is 28.4 Å². The number of nitrogens with zero attached hydrogens (tertiary/aromatic N) is 3. The number of anilines is 1. The van der Waals surface area contributed by atoms with E-state index in [2.05, 4.69) is 9.97 Å². The third-order valence-corrected chi connectivity index (χ3v) is 10.7. The normalized spacial score (nSPS) is 11.7. The fourth-order valence-electron chi connectivity index (χ4n) is 7.88. The van der Waals surface area contributed by atoms with Gasteiger partial charge in [0, 0.05) is 33.3 Å². The smallest absolute Gasteiger partial charge is 0.318 e. The SMILES string of the molecule is COc1cccc(-c2c3nc(c(-c4cccc(OC)c4)c4[nH]c(c(-c5cccc(OC)c5)c5nc(c(-c6cccc(OC)c6)c6ccc2[nH]6)C=C5)c([N+](=O)[O-])c4N)C=C3)c1. The number of H-pyrrole nitrogens is 2. The standard InChI is InChI=1S/C48H38N6O6/c1-57-31-13-5-9-27(23-31)41-35-17-18-36(50-35)42(28-10-6-14-32(24-28)58-2)38-20-22-40(52-38)44(30-12-8-16-34(26-30)60-4)47-48(54(55)56)45(49)46(53-47)43(39-21-19-37(41)51-39)29-11-7-15-33(25-29)59-3/h5-26,50,53H,49H2,1-4H3. The number of ether oxygens (including phenoxy) is 4. The number of hydrogen-bond acceptors (Lipinski definition) is 9. The first-order valence-corrected chi connectivity index (χ1v) is 19.0. The Labute approximate surface area is 344 Å². The van der Waals surface area contributed by atoms with Gasteiger partial charge in [-0.15, -0.1) is 0 Å². The summed E-state index contributed by atoms with van der Waals surface area (Å²) in [5, 5.41) is 13.3. The summed E-state index contributed by atoms with van der Waals surface area (Å²) in [6, 6.07) is 34.3. The van der Waals surface area contributed by atoms with Crippen LogP contribution in [0.2, 0.25) is 0 Å². The van der Waals surface area contributed by atoms with Gasteiger partial charge in [-0.25, -0.2) is 9.97 Å². The van der Waals surface area contributed by atoms with E-state index < -0.39 is 4.92 Å². The summed E-state index contributed by atoms with van der Waals surface area (Å²) in [4.78, 5) is 30.5. The molecule has 0 spiro atoms. The van der Waals surface area contributed by atoms with Crippen molar-refractivity contribution in [3.63, 3.8) is 0 Å². The van der Waals surface area contributed by atoms with Crippen molar-refractivity contribution in [2.45, 2.75) is 0 Å². The van der Waals surface area contributed by atoms with Gasteiger partial charge in [0.25, 0.3) is 0 Å². The number of aromatic amines is 2. The third-order valence-electron chi connectivity index (χ3n) is 10.7. The van der Waals surface area contributed by atoms with Crippen LogP contribution in [0.3, 0.4) is 0 Å². The van der Waals surface area contributed by atoms with Crippen molar-refractivity contribution < 1.29 is 23.9 Å². The lowest BCUT2D eigenvalue weighted by Gasteiger charge is -2.09. The molecule has 60 heavy (non-hydrogen) atoms. The number of nitrogens with two attached hydrogens (primary N) is 1. The highest BCUT2D eigenvalue weighted by atomic mass is 16.6. The van der Waals surface area contributed by atoms with Gasteiger partial charge in [-0.1, -0.05) is 48.5 Å². The van der Waals surface area contributed by atoms with Gasteiger partial charge in [0.15, 0.2) is 0 Å². The van der Waals surface area contributed by atoms with Gasteiger partial charge in [-0.2, -0.15) is 0 Å². The molecular weight excluding hydrogens is 757 g/mol. The number of benzene rings is 4. The van der Waals surface area contributed by atoms with Crippen molar-refractivity contribution in [1.29, 1.82) is 0 Å². The number of nitrogens with one attached hydrogen (secondary N) is 2. The van der Waals surface area contributed by atoms with E-state index in [4.69, 9.17) is 34.6 Å². The van der Waals surface area contributed by atoms with Crippen LogP contribution in [0, 0.1) is 10.1 Å². The van der Waals surface area contributed by atoms with Crippen LogP contribution in [-0.2, 0) is 0 Å². The molecule has 12 heteroatoms. The molecule has 4 N–H and O–H groups in total. The predicted molar refractivity (Wildman–Crippen MR) is 238 cm³/mol. The highest BCUT2D eigenvalue weighted by Crippen LogP contribution is 2.45. The third kappa shape index (κ3) is 6.55. The zero-order chi connectivity index (χ0) is 41.5. The maximum Gasteiger partial charge on any atom is 0.318 e. The van der Waals surface area contributed by atoms with E-state index >= 15 is 0 Å². The molecular formula is C48H38N6O6. The highest BCUT2D eigenvalue weighted by Gasteiger charge is 2.28. The van der Waals surface area contributed by atoms with Crippen LogP contribution < -0.4 is 24.7 Å². The van der Waals surface area contributed by atoms with E-state index in [1.807, 2.05) is 133 Å². The van der Waals surface area contributed by atoms with Gasteiger partial charge in [0.2, 0.25) is 0 Å². The van der Waals surface area contributed by atoms with Crippen LogP contribution in [0.5, 0.6) is 23.0 Å². The van der Waals surface area contributed by atoms with Crippen LogP contribution in [0.15, 0.2) is 109 Å². The minimum Gasteiger partial charge on any atom is -0.497 e. The molecule has 4 aromatic carbocycles. The Morgan fingerprint density at radius 2 is 0.850 bits per heavy atom. The molecule has 7 aromatic rings. The summed E-state index contributed by atoms with van der Waals surface area (Å²) >= 11 is 0. The van der Waals surface area contributed by atoms with E-state index in [0.29, 0.717) is 73.5 Å². The molecule has 0 unspecified atom stereocenters. The number of hydrogen-bond donors (Lipinski definition) is 3. The van der Waals surface area contributed by atoms with Gasteiger partial charge >= 0.3 is 5.69 Å². The lowest BCUT2D eigenvalue weighted by Crippen LogP contribution is -1.95. The Bertz CT molecular complexity index is 3110. The largest absolute Gasteiger partial charge is 0.497 e. The molecule has 0 aliphatic carbocycles. The average molecular weight is 795 g/mol. The quantitative estimate of drug-likeness (QED) is 0.0953. The molecule has 3 aromatic heterocycles. The fraction of sp³-hybridized carbons (Fsp3) is 0.0833. The van der Waals surface area contributed by atoms with Gasteiger partial charge in [0.1, 0.15) is 34.2 Å². The number of methoxy groups -OCH3 is 4. The van der Waals surface area contributed by atoms with E-state index in [9.17, 15) is 10.1 Å². The van der Waals surface area contributed by atoms with E-state index in [1.165, 1.54) is 0 Å². The first kappa shape index (κ1) is 37.5. The molecule has 9 rings (SSSR count). The van der Waals surface area contributed by atoms with Gasteiger partial charge < -0.3 is 34.6 Å². The second-order valence-electron chi connectivity index (χ2n) is 14.0. The fourth-order valence-corrected chi connectivity index (χ4v) is 7.88. The molecule has 5 heterocycles. The minimum atomic E-state index is -0.460. The average Bonchev–Trinajstić information content (AvgIpc) is 4.11. The number of aromatic nitrogens is 4. The summed E-state index contributed by atoms with van der Waals surface area (Å²) in [6.45, 7) is 0. The van der Waals surface area contributed by atoms with Crippen molar-refractivity contribution in [1.82, 2.24) is 19.9 Å². The Balaban J connectivity index is 1.54. The first-order chi connectivity index (χ1) is 29.3. The molecule has 296 valence electrons. The van der Waals surface area contributed by atoms with E-state index in [0.717, 1.165) is 33.3 Å². The lowest BCUT2D eigenvalue weighted by atomic mass is 10.0. The summed E-state index contributed by atoms with van der Waals surface area (Å²) in [5.74, 6) is 2.49. The molecule has 0 atom stereocenters. The number of fused-ring (bicyclic) bond motifs is 8. The van der Waals surface area contributed by atoms with Crippen LogP contribution in [0.4, 0.5) is 11.4 Å². The van der Waals surface area contributed by atoms with E-state index in [-0.39, 0.29) is 16.9 Å². The number of rotatable bonds is 9. The minimum absolute atomic E-state index is 0.0666. The second-order valence-corrected chi connectivity index (χ2v) is 14.0. The maximum atomic E-state index is 13.3. The Hall–Kier alpha value is -8.12. The zero-order valence-electron chi connectivity index (χ0n) is 33.1. The molecule has 2 aliphatic heterocycles. The lowest BCUT2D eigenvalue weighted by molar-refractivity contribution is -0.382. The number of nitrogen functional groups attached to an aromatic ring is 1. The number of nitro groups is 1. The molecule has 0 saturated carbocycles. The van der Waals surface area contributed by atoms with Crippen molar-refractivity contribution in [2.75, 3.05) is 34.2 Å². The van der Waals surface area contributed by atoms with Crippen LogP contribution in [-0.4, -0.2) is 53.3 Å². The topological polar surface area (TPSA) is 163 Å². The summed E-state index contributed by atoms with van der Waals surface area (Å²) in [5.41, 5.74) is 16.4. The summed E-state index contributed by atoms with van der Waals surface area (Å²) in [7, 11) is 6.41. The molecule has 0 amide bonds. The molecule has 0 fully saturated rings. The first-order valence-electron chi connectivity index (χ1n) is 19.0. The molecule has 2 aliphatic rings. The van der Waals surface area contributed by atoms with Crippen LogP contribution in [0.25, 0.3) is 90.9 Å². The van der Waals surface area contributed by atoms with Gasteiger partial charge in [-0.05, 0) is 107 Å².